The maximum atomic E-state index is 12.6. The van der Waals surface area contributed by atoms with Gasteiger partial charge in [0.15, 0.2) is 0 Å². The highest BCUT2D eigenvalue weighted by Gasteiger charge is 2.65. The molecule has 4 nitrogen and oxygen atoms in total. The molecule has 2 rings (SSSR count). The number of anilines is 2. The van der Waals surface area contributed by atoms with Crippen molar-refractivity contribution >= 4 is 27.3 Å². The highest BCUT2D eigenvalue weighted by atomic mass is 32.5. The molecule has 2 aromatic rings. The van der Waals surface area contributed by atoms with Crippen molar-refractivity contribution in [1.29, 1.82) is 0 Å². The number of nitro groups is 1. The summed E-state index contributed by atoms with van der Waals surface area (Å²) < 4.78 is 63.0. The molecule has 0 saturated heterocycles. The van der Waals surface area contributed by atoms with Gasteiger partial charge in [-0.1, -0.05) is 19.4 Å². The Morgan fingerprint density at radius 3 is 1.91 bits per heavy atom. The quantitative estimate of drug-likeness (QED) is 0.398. The molecular weight excluding hydrogens is 343 g/mol. The van der Waals surface area contributed by atoms with Crippen LogP contribution in [-0.2, 0) is 0 Å². The second-order valence-electron chi connectivity index (χ2n) is 4.88. The Kier molecular flexibility index (Phi) is 3.38. The average molecular weight is 354 g/mol. The van der Waals surface area contributed by atoms with E-state index in [1.807, 2.05) is 0 Å². The summed E-state index contributed by atoms with van der Waals surface area (Å²) in [5, 5.41) is 13.4. The van der Waals surface area contributed by atoms with E-state index in [0.29, 0.717) is 23.4 Å². The van der Waals surface area contributed by atoms with E-state index < -0.39 is 20.0 Å². The Balaban J connectivity index is 2.26. The van der Waals surface area contributed by atoms with Crippen LogP contribution in [0.2, 0.25) is 0 Å². The molecule has 0 aliphatic heterocycles. The summed E-state index contributed by atoms with van der Waals surface area (Å²) in [7, 11) is -9.69. The van der Waals surface area contributed by atoms with Gasteiger partial charge >= 0.3 is 10.2 Å². The van der Waals surface area contributed by atoms with Crippen LogP contribution in [0.15, 0.2) is 47.4 Å². The second kappa shape index (κ2) is 4.57. The molecule has 0 aliphatic rings. The predicted molar refractivity (Wildman–Crippen MR) is 79.0 cm³/mol. The van der Waals surface area contributed by atoms with E-state index in [4.69, 9.17) is 0 Å². The van der Waals surface area contributed by atoms with Gasteiger partial charge < -0.3 is 5.32 Å². The molecule has 0 spiro atoms. The topological polar surface area (TPSA) is 55.2 Å². The first kappa shape index (κ1) is 17.0. The lowest BCUT2D eigenvalue weighted by Crippen LogP contribution is -2.05. The summed E-state index contributed by atoms with van der Waals surface area (Å²) in [6.45, 7) is 1.50. The molecule has 0 aromatic heterocycles. The van der Waals surface area contributed by atoms with Crippen molar-refractivity contribution in [3.05, 3.63) is 58.1 Å². The number of aryl methyl sites for hydroxylation is 1. The monoisotopic (exact) mass is 354 g/mol. The van der Waals surface area contributed by atoms with Crippen LogP contribution in [0.4, 0.5) is 36.5 Å². The van der Waals surface area contributed by atoms with Gasteiger partial charge in [-0.3, -0.25) is 10.1 Å². The van der Waals surface area contributed by atoms with Crippen molar-refractivity contribution in [3.63, 3.8) is 0 Å². The zero-order chi connectivity index (χ0) is 17.5. The van der Waals surface area contributed by atoms with E-state index in [1.165, 1.54) is 25.1 Å². The van der Waals surface area contributed by atoms with Crippen molar-refractivity contribution in [2.45, 2.75) is 11.8 Å². The number of rotatable bonds is 4. The smallest absolute Gasteiger partial charge is 0.310 e. The minimum Gasteiger partial charge on any atom is -0.356 e. The lowest BCUT2D eigenvalue weighted by atomic mass is 10.2. The highest BCUT2D eigenvalue weighted by molar-refractivity contribution is 8.45. The largest absolute Gasteiger partial charge is 0.356 e. The first-order valence-corrected chi connectivity index (χ1v) is 8.08. The fourth-order valence-electron chi connectivity index (χ4n) is 1.90. The minimum atomic E-state index is -9.69. The van der Waals surface area contributed by atoms with Crippen molar-refractivity contribution in [2.75, 3.05) is 5.32 Å². The molecule has 10 heteroatoms. The zero-order valence-electron chi connectivity index (χ0n) is 11.6. The Morgan fingerprint density at radius 1 is 0.957 bits per heavy atom. The molecule has 0 saturated carbocycles. The van der Waals surface area contributed by atoms with Gasteiger partial charge in [-0.2, -0.15) is 0 Å². The molecular formula is C13H11F5N2O2S. The zero-order valence-corrected chi connectivity index (χ0v) is 12.4. The van der Waals surface area contributed by atoms with Crippen molar-refractivity contribution in [1.82, 2.24) is 0 Å². The van der Waals surface area contributed by atoms with Gasteiger partial charge in [0.1, 0.15) is 4.90 Å². The molecule has 1 N–H and O–H groups in total. The molecule has 0 fully saturated rings. The maximum Gasteiger partial charge on any atom is 0.310 e. The summed E-state index contributed by atoms with van der Waals surface area (Å²) in [6, 6.07) is 6.35. The maximum absolute atomic E-state index is 12.6. The normalized spacial score (nSPS) is 14.7. The van der Waals surface area contributed by atoms with Crippen LogP contribution in [0.5, 0.6) is 0 Å². The molecule has 2 aromatic carbocycles. The van der Waals surface area contributed by atoms with Crippen LogP contribution < -0.4 is 5.32 Å². The molecule has 0 heterocycles. The third kappa shape index (κ3) is 4.09. The first-order valence-electron chi connectivity index (χ1n) is 6.12. The lowest BCUT2D eigenvalue weighted by Gasteiger charge is -2.40. The van der Waals surface area contributed by atoms with E-state index in [2.05, 4.69) is 5.32 Å². The fraction of sp³-hybridized carbons (Fsp3) is 0.0769. The molecule has 0 aliphatic carbocycles. The van der Waals surface area contributed by atoms with Gasteiger partial charge in [0.2, 0.25) is 0 Å². The van der Waals surface area contributed by atoms with Crippen LogP contribution in [-0.4, -0.2) is 4.92 Å². The number of benzene rings is 2. The molecule has 0 amide bonds. The van der Waals surface area contributed by atoms with Gasteiger partial charge in [0.25, 0.3) is 5.69 Å². The van der Waals surface area contributed by atoms with E-state index in [-0.39, 0.29) is 11.4 Å². The van der Waals surface area contributed by atoms with Crippen LogP contribution in [0, 0.1) is 17.0 Å². The Bertz CT molecular complexity index is 776. The van der Waals surface area contributed by atoms with Crippen molar-refractivity contribution < 1.29 is 24.4 Å². The number of halogens is 5. The summed E-state index contributed by atoms with van der Waals surface area (Å²) in [5.74, 6) is 0. The lowest BCUT2D eigenvalue weighted by molar-refractivity contribution is -0.385. The Labute approximate surface area is 127 Å². The summed E-state index contributed by atoms with van der Waals surface area (Å²) in [6.07, 6.45) is 0. The van der Waals surface area contributed by atoms with E-state index in [1.54, 1.807) is 0 Å². The van der Waals surface area contributed by atoms with Crippen molar-refractivity contribution in [2.24, 2.45) is 0 Å². The molecule has 0 atom stereocenters. The predicted octanol–water partition coefficient (Wildman–Crippen LogP) is 6.30. The van der Waals surface area contributed by atoms with Crippen LogP contribution in [0.1, 0.15) is 5.56 Å². The highest BCUT2D eigenvalue weighted by Crippen LogP contribution is 3.02. The number of nitro benzene ring substituents is 1. The van der Waals surface area contributed by atoms with Gasteiger partial charge in [-0.25, -0.2) is 0 Å². The molecule has 0 bridgehead atoms. The Morgan fingerprint density at radius 2 is 1.48 bits per heavy atom. The molecule has 126 valence electrons. The van der Waals surface area contributed by atoms with Gasteiger partial charge in [0, 0.05) is 23.0 Å². The van der Waals surface area contributed by atoms with Crippen LogP contribution in [0.25, 0.3) is 0 Å². The van der Waals surface area contributed by atoms with E-state index >= 15 is 0 Å². The first-order chi connectivity index (χ1) is 10.3. The van der Waals surface area contributed by atoms with E-state index in [0.717, 1.165) is 12.1 Å². The molecule has 23 heavy (non-hydrogen) atoms. The third-order valence-electron chi connectivity index (χ3n) is 2.98. The Hall–Kier alpha value is -2.36. The summed E-state index contributed by atoms with van der Waals surface area (Å²) >= 11 is 0. The third-order valence-corrected chi connectivity index (χ3v) is 4.14. The van der Waals surface area contributed by atoms with E-state index in [9.17, 15) is 29.5 Å². The van der Waals surface area contributed by atoms with Gasteiger partial charge in [-0.05, 0) is 43.3 Å². The molecule has 0 unspecified atom stereocenters. The second-order valence-corrected chi connectivity index (χ2v) is 7.29. The number of nitrogens with zero attached hydrogens (tertiary/aromatic N) is 1. The summed E-state index contributed by atoms with van der Waals surface area (Å²) in [5.41, 5.74) is 0.771. The number of nitrogens with one attached hydrogen (secondary N) is 1. The molecule has 0 radical (unpaired) electrons. The average Bonchev–Trinajstić information content (AvgIpc) is 2.36. The SMILES string of the molecule is Cc1cc(Nc2ccc(S(F)(F)(F)(F)F)cc2)ccc1[N+](=O)[O-]. The number of hydrogen-bond donors (Lipinski definition) is 1. The van der Waals surface area contributed by atoms with Crippen molar-refractivity contribution in [3.8, 4) is 0 Å². The fourth-order valence-corrected chi connectivity index (χ4v) is 2.55. The standard InChI is InChI=1S/C13H11F5N2O2S/c1-9-8-11(4-7-13(9)20(21)22)19-10-2-5-12(6-3-10)23(14,15,16,17)18/h2-8,19H,1H3. The summed E-state index contributed by atoms with van der Waals surface area (Å²) in [4.78, 5) is 8.15. The van der Waals surface area contributed by atoms with Gasteiger partial charge in [-0.15, -0.1) is 0 Å². The van der Waals surface area contributed by atoms with Gasteiger partial charge in [0.05, 0.1) is 4.92 Å². The number of hydrogen-bond acceptors (Lipinski definition) is 3. The minimum absolute atomic E-state index is 0.105. The van der Waals surface area contributed by atoms with Crippen LogP contribution >= 0.6 is 10.2 Å². The van der Waals surface area contributed by atoms with Crippen LogP contribution in [0.3, 0.4) is 0 Å².